The Labute approximate surface area is 78.4 Å². The van der Waals surface area contributed by atoms with Gasteiger partial charge < -0.3 is 0 Å². The molecule has 69 valence electrons. The molecule has 1 aliphatic heterocycles. The molecule has 1 fully saturated rings. The lowest BCUT2D eigenvalue weighted by Crippen LogP contribution is -2.05. The molecular formula is C11H22B. The molecule has 12 heavy (non-hydrogen) atoms. The summed E-state index contributed by atoms with van der Waals surface area (Å²) in [7, 11) is 2.49. The first-order valence-corrected chi connectivity index (χ1v) is 5.32. The molecule has 1 rings (SSSR count). The van der Waals surface area contributed by atoms with Gasteiger partial charge in [-0.3, -0.25) is 0 Å². The summed E-state index contributed by atoms with van der Waals surface area (Å²) >= 11 is 0. The second-order valence-corrected chi connectivity index (χ2v) is 5.22. The molecule has 3 atom stereocenters. The van der Waals surface area contributed by atoms with Crippen molar-refractivity contribution in [3.63, 3.8) is 0 Å². The third-order valence-corrected chi connectivity index (χ3v) is 3.84. The molecule has 0 N–H and O–H groups in total. The quantitative estimate of drug-likeness (QED) is 0.556. The minimum Gasteiger partial charge on any atom is -0.0727 e. The summed E-state index contributed by atoms with van der Waals surface area (Å²) in [5, 5.41) is 0.600. The van der Waals surface area contributed by atoms with E-state index in [0.717, 1.165) is 17.7 Å². The summed E-state index contributed by atoms with van der Waals surface area (Å²) in [5.74, 6) is 2.61. The molecule has 1 heteroatoms. The standard InChI is InChI=1S/C11H22B/c1-8(2)9(3)6-7-11(5)10(4)12-11/h8-10H,6-7H2,1-5H3. The summed E-state index contributed by atoms with van der Waals surface area (Å²) in [6.45, 7) is 11.8. The van der Waals surface area contributed by atoms with Crippen molar-refractivity contribution in [1.29, 1.82) is 0 Å². The average molecular weight is 165 g/mol. The van der Waals surface area contributed by atoms with E-state index >= 15 is 0 Å². The highest BCUT2D eigenvalue weighted by atomic mass is 14.3. The number of rotatable bonds is 4. The molecule has 3 unspecified atom stereocenters. The first-order valence-electron chi connectivity index (χ1n) is 5.32. The van der Waals surface area contributed by atoms with E-state index in [-0.39, 0.29) is 0 Å². The Morgan fingerprint density at radius 1 is 1.33 bits per heavy atom. The number of hydrogen-bond acceptors (Lipinski definition) is 0. The van der Waals surface area contributed by atoms with Crippen molar-refractivity contribution in [2.24, 2.45) is 11.8 Å². The van der Waals surface area contributed by atoms with E-state index < -0.39 is 0 Å². The summed E-state index contributed by atoms with van der Waals surface area (Å²) in [6.07, 6.45) is 2.79. The Kier molecular flexibility index (Phi) is 2.90. The maximum Gasteiger partial charge on any atom is 0.120 e. The maximum atomic E-state index is 2.49. The van der Waals surface area contributed by atoms with Crippen LogP contribution in [0.4, 0.5) is 0 Å². The van der Waals surface area contributed by atoms with Gasteiger partial charge in [-0.1, -0.05) is 58.6 Å². The van der Waals surface area contributed by atoms with Gasteiger partial charge in [0.15, 0.2) is 0 Å². The second-order valence-electron chi connectivity index (χ2n) is 5.22. The molecule has 1 saturated heterocycles. The van der Waals surface area contributed by atoms with Crippen LogP contribution in [0.2, 0.25) is 11.1 Å². The highest BCUT2D eigenvalue weighted by Gasteiger charge is 2.46. The fraction of sp³-hybridized carbons (Fsp3) is 1.00. The highest BCUT2D eigenvalue weighted by molar-refractivity contribution is 6.56. The van der Waals surface area contributed by atoms with Crippen LogP contribution >= 0.6 is 0 Å². The van der Waals surface area contributed by atoms with Crippen LogP contribution in [0.15, 0.2) is 0 Å². The monoisotopic (exact) mass is 165 g/mol. The third-order valence-electron chi connectivity index (χ3n) is 3.84. The van der Waals surface area contributed by atoms with Gasteiger partial charge in [-0.2, -0.15) is 0 Å². The Morgan fingerprint density at radius 2 is 1.83 bits per heavy atom. The molecule has 1 heterocycles. The van der Waals surface area contributed by atoms with Crippen LogP contribution in [0, 0.1) is 11.8 Å². The SMILES string of the molecule is CC(C)C(C)CCC1(C)[B]C1C. The van der Waals surface area contributed by atoms with Crippen molar-refractivity contribution in [2.75, 3.05) is 0 Å². The van der Waals surface area contributed by atoms with Crippen molar-refractivity contribution in [3.05, 3.63) is 0 Å². The van der Waals surface area contributed by atoms with Crippen molar-refractivity contribution >= 4 is 7.28 Å². The summed E-state index contributed by atoms with van der Waals surface area (Å²) < 4.78 is 0. The van der Waals surface area contributed by atoms with Crippen LogP contribution in [-0.4, -0.2) is 7.28 Å². The minimum absolute atomic E-state index is 0.600. The number of hydrogen-bond donors (Lipinski definition) is 0. The van der Waals surface area contributed by atoms with Crippen LogP contribution in [0.5, 0.6) is 0 Å². The Bertz CT molecular complexity index is 153. The topological polar surface area (TPSA) is 0 Å². The van der Waals surface area contributed by atoms with Crippen LogP contribution in [-0.2, 0) is 0 Å². The lowest BCUT2D eigenvalue weighted by atomic mass is 9.81. The van der Waals surface area contributed by atoms with E-state index in [9.17, 15) is 0 Å². The van der Waals surface area contributed by atoms with E-state index in [2.05, 4.69) is 41.9 Å². The van der Waals surface area contributed by atoms with E-state index in [1.807, 2.05) is 0 Å². The first kappa shape index (κ1) is 10.1. The van der Waals surface area contributed by atoms with E-state index in [0.29, 0.717) is 5.31 Å². The largest absolute Gasteiger partial charge is 0.120 e. The van der Waals surface area contributed by atoms with E-state index in [1.54, 1.807) is 0 Å². The maximum absolute atomic E-state index is 2.49. The van der Waals surface area contributed by atoms with Crippen LogP contribution < -0.4 is 0 Å². The summed E-state index contributed by atoms with van der Waals surface area (Å²) in [4.78, 5) is 0. The minimum atomic E-state index is 0.600. The molecule has 0 spiro atoms. The molecule has 0 amide bonds. The van der Waals surface area contributed by atoms with Gasteiger partial charge in [0.1, 0.15) is 7.28 Å². The molecule has 1 aliphatic rings. The second kappa shape index (κ2) is 3.43. The van der Waals surface area contributed by atoms with Gasteiger partial charge in [-0.15, -0.1) is 0 Å². The van der Waals surface area contributed by atoms with Gasteiger partial charge in [0.2, 0.25) is 0 Å². The highest BCUT2D eigenvalue weighted by Crippen LogP contribution is 2.59. The summed E-state index contributed by atoms with van der Waals surface area (Å²) in [6, 6.07) is 0. The van der Waals surface area contributed by atoms with Crippen molar-refractivity contribution in [1.82, 2.24) is 0 Å². The lowest BCUT2D eigenvalue weighted by molar-refractivity contribution is 0.367. The molecule has 1 radical (unpaired) electrons. The Morgan fingerprint density at radius 3 is 2.17 bits per heavy atom. The van der Waals surface area contributed by atoms with E-state index in [1.165, 1.54) is 12.8 Å². The van der Waals surface area contributed by atoms with Crippen LogP contribution in [0.25, 0.3) is 0 Å². The molecule has 0 aromatic rings. The lowest BCUT2D eigenvalue weighted by Gasteiger charge is -2.18. The average Bonchev–Trinajstić information content (AvgIpc) is 2.56. The summed E-state index contributed by atoms with van der Waals surface area (Å²) in [5.41, 5.74) is 0. The zero-order valence-electron chi connectivity index (χ0n) is 9.22. The molecule has 0 nitrogen and oxygen atoms in total. The van der Waals surface area contributed by atoms with E-state index in [4.69, 9.17) is 0 Å². The Balaban J connectivity index is 2.18. The Hall–Kier alpha value is 0.0649. The molecule has 0 bridgehead atoms. The van der Waals surface area contributed by atoms with Gasteiger partial charge in [-0.05, 0) is 11.8 Å². The van der Waals surface area contributed by atoms with Gasteiger partial charge in [0.05, 0.1) is 0 Å². The van der Waals surface area contributed by atoms with Gasteiger partial charge in [-0.25, -0.2) is 0 Å². The van der Waals surface area contributed by atoms with Gasteiger partial charge >= 0.3 is 0 Å². The first-order chi connectivity index (χ1) is 5.46. The molecule has 0 saturated carbocycles. The molecule has 0 aromatic carbocycles. The van der Waals surface area contributed by atoms with Crippen molar-refractivity contribution < 1.29 is 0 Å². The van der Waals surface area contributed by atoms with Crippen molar-refractivity contribution in [3.8, 4) is 0 Å². The zero-order chi connectivity index (χ0) is 9.35. The molecular weight excluding hydrogens is 143 g/mol. The van der Waals surface area contributed by atoms with Gasteiger partial charge in [0.25, 0.3) is 0 Å². The van der Waals surface area contributed by atoms with Crippen LogP contribution in [0.3, 0.4) is 0 Å². The normalized spacial score (nSPS) is 36.3. The van der Waals surface area contributed by atoms with Crippen molar-refractivity contribution in [2.45, 2.75) is 58.6 Å². The predicted octanol–water partition coefficient (Wildman–Crippen LogP) is 3.76. The fourth-order valence-electron chi connectivity index (χ4n) is 1.71. The zero-order valence-corrected chi connectivity index (χ0v) is 9.22. The molecule has 0 aliphatic carbocycles. The smallest absolute Gasteiger partial charge is 0.0727 e. The molecule has 0 aromatic heterocycles. The van der Waals surface area contributed by atoms with Gasteiger partial charge in [0, 0.05) is 0 Å². The predicted molar refractivity (Wildman–Crippen MR) is 56.8 cm³/mol. The third kappa shape index (κ3) is 2.28. The van der Waals surface area contributed by atoms with Crippen LogP contribution in [0.1, 0.15) is 47.5 Å². The fourth-order valence-corrected chi connectivity index (χ4v) is 1.71.